The Hall–Kier alpha value is -4.98. The lowest BCUT2D eigenvalue weighted by Crippen LogP contribution is -2.31. The van der Waals surface area contributed by atoms with E-state index < -0.39 is 6.03 Å². The van der Waals surface area contributed by atoms with E-state index in [9.17, 15) is 9.59 Å². The van der Waals surface area contributed by atoms with E-state index in [2.05, 4.69) is 62.1 Å². The molecule has 0 atom stereocenters. The van der Waals surface area contributed by atoms with E-state index in [-0.39, 0.29) is 29.0 Å². The average Bonchev–Trinajstić information content (AvgIpc) is 3.05. The number of amides is 2. The quantitative estimate of drug-likeness (QED) is 0.134. The van der Waals surface area contributed by atoms with Crippen molar-refractivity contribution in [2.24, 2.45) is 5.92 Å². The van der Waals surface area contributed by atoms with Gasteiger partial charge in [-0.05, 0) is 89.2 Å². The number of carbonyl (C=O) groups excluding carboxylic acids is 1. The second-order valence-corrected chi connectivity index (χ2v) is 13.0. The SMILES string of the molecule is CC(C)Cn1c(=O)c(NC(=O)Nc2c(C(C)C)cccc2C(C)C)c(-c2cccc(OCCCc3ccncc3)c2)c2cccnc21. The summed E-state index contributed by atoms with van der Waals surface area (Å²) < 4.78 is 7.83. The van der Waals surface area contributed by atoms with Crippen LogP contribution in [0.1, 0.15) is 76.5 Å². The largest absolute Gasteiger partial charge is 0.494 e. The summed E-state index contributed by atoms with van der Waals surface area (Å²) in [5, 5.41) is 6.89. The van der Waals surface area contributed by atoms with Gasteiger partial charge in [-0.15, -0.1) is 0 Å². The molecule has 3 heterocycles. The van der Waals surface area contributed by atoms with Crippen molar-refractivity contribution < 1.29 is 9.53 Å². The normalized spacial score (nSPS) is 11.4. The number of anilines is 2. The van der Waals surface area contributed by atoms with Crippen LogP contribution in [0, 0.1) is 5.92 Å². The zero-order valence-corrected chi connectivity index (χ0v) is 28.2. The summed E-state index contributed by atoms with van der Waals surface area (Å²) in [6.45, 7) is 13.5. The predicted octanol–water partition coefficient (Wildman–Crippen LogP) is 9.02. The van der Waals surface area contributed by atoms with Gasteiger partial charge in [0.1, 0.15) is 17.1 Å². The molecule has 0 saturated heterocycles. The number of urea groups is 1. The Morgan fingerprint density at radius 3 is 2.19 bits per heavy atom. The molecule has 47 heavy (non-hydrogen) atoms. The lowest BCUT2D eigenvalue weighted by atomic mass is 9.93. The molecule has 2 aromatic carbocycles. The van der Waals surface area contributed by atoms with Crippen LogP contribution in [0.25, 0.3) is 22.2 Å². The number of aromatic nitrogens is 3. The van der Waals surface area contributed by atoms with Gasteiger partial charge < -0.3 is 15.4 Å². The van der Waals surface area contributed by atoms with Gasteiger partial charge in [0.15, 0.2) is 0 Å². The highest BCUT2D eigenvalue weighted by atomic mass is 16.5. The Bertz CT molecular complexity index is 1870. The molecule has 0 aliphatic heterocycles. The van der Waals surface area contributed by atoms with Gasteiger partial charge in [-0.3, -0.25) is 14.3 Å². The first-order valence-electron chi connectivity index (χ1n) is 16.5. The van der Waals surface area contributed by atoms with Crippen LogP contribution in [0.3, 0.4) is 0 Å². The molecule has 0 aliphatic rings. The number of nitrogens with one attached hydrogen (secondary N) is 2. The molecule has 0 bridgehead atoms. The minimum Gasteiger partial charge on any atom is -0.494 e. The summed E-state index contributed by atoms with van der Waals surface area (Å²) in [5.41, 5.74) is 5.91. The second-order valence-electron chi connectivity index (χ2n) is 13.0. The van der Waals surface area contributed by atoms with Gasteiger partial charge in [0.2, 0.25) is 0 Å². The highest BCUT2D eigenvalue weighted by molar-refractivity contribution is 6.07. The van der Waals surface area contributed by atoms with Crippen molar-refractivity contribution in [3.05, 3.63) is 112 Å². The van der Waals surface area contributed by atoms with Crippen molar-refractivity contribution >= 4 is 28.4 Å². The van der Waals surface area contributed by atoms with Crippen LogP contribution in [0.2, 0.25) is 0 Å². The van der Waals surface area contributed by atoms with Crippen molar-refractivity contribution in [3.8, 4) is 16.9 Å². The molecule has 0 radical (unpaired) electrons. The third-order valence-corrected chi connectivity index (χ3v) is 8.17. The number of benzene rings is 2. The predicted molar refractivity (Wildman–Crippen MR) is 192 cm³/mol. The van der Waals surface area contributed by atoms with Gasteiger partial charge in [-0.2, -0.15) is 0 Å². The molecular weight excluding hydrogens is 586 g/mol. The molecule has 0 aliphatic carbocycles. The molecule has 2 N–H and O–H groups in total. The average molecular weight is 632 g/mol. The van der Waals surface area contributed by atoms with E-state index in [1.54, 1.807) is 23.2 Å². The van der Waals surface area contributed by atoms with Gasteiger partial charge >= 0.3 is 6.03 Å². The van der Waals surface area contributed by atoms with Crippen LogP contribution in [0.15, 0.2) is 90.1 Å². The van der Waals surface area contributed by atoms with E-state index in [1.165, 1.54) is 5.56 Å². The first-order chi connectivity index (χ1) is 22.6. The Balaban J connectivity index is 1.54. The first-order valence-corrected chi connectivity index (χ1v) is 16.5. The monoisotopic (exact) mass is 631 g/mol. The van der Waals surface area contributed by atoms with Crippen molar-refractivity contribution in [1.82, 2.24) is 14.5 Å². The van der Waals surface area contributed by atoms with Crippen LogP contribution in [-0.4, -0.2) is 27.2 Å². The number of ether oxygens (including phenoxy) is 1. The first kappa shape index (κ1) is 33.4. The molecule has 5 aromatic rings. The van der Waals surface area contributed by atoms with E-state index in [0.717, 1.165) is 40.6 Å². The van der Waals surface area contributed by atoms with Crippen molar-refractivity contribution in [2.45, 2.75) is 72.8 Å². The molecular formula is C39H45N5O3. The molecule has 0 saturated carbocycles. The van der Waals surface area contributed by atoms with E-state index in [0.29, 0.717) is 30.1 Å². The Labute approximate surface area is 277 Å². The number of pyridine rings is 3. The zero-order valence-electron chi connectivity index (χ0n) is 28.2. The fraction of sp³-hybridized carbons (Fsp3) is 0.333. The fourth-order valence-corrected chi connectivity index (χ4v) is 5.94. The summed E-state index contributed by atoms with van der Waals surface area (Å²) in [6.07, 6.45) is 7.02. The number of aryl methyl sites for hydroxylation is 1. The number of nitrogens with zero attached hydrogens (tertiary/aromatic N) is 3. The number of carbonyl (C=O) groups is 1. The highest BCUT2D eigenvalue weighted by Crippen LogP contribution is 2.36. The third kappa shape index (κ3) is 7.88. The highest BCUT2D eigenvalue weighted by Gasteiger charge is 2.23. The van der Waals surface area contributed by atoms with Crippen LogP contribution in [-0.2, 0) is 13.0 Å². The molecule has 0 unspecified atom stereocenters. The third-order valence-electron chi connectivity index (χ3n) is 8.17. The Kier molecular flexibility index (Phi) is 10.7. The standard InChI is InChI=1S/C39H45N5O3/c1-25(2)24-44-37-33(16-9-19-41-37)34(29-12-7-13-30(23-29)47-22-10-11-28-17-20-40-21-18-28)36(38(44)45)43-39(46)42-35-31(26(3)4)14-8-15-32(35)27(5)6/h7-9,12-21,23,25-27H,10-11,22,24H2,1-6H3,(H2,42,43,46). The molecule has 3 aromatic heterocycles. The molecule has 2 amide bonds. The molecule has 0 fully saturated rings. The van der Waals surface area contributed by atoms with E-state index in [1.807, 2.05) is 66.7 Å². The van der Waals surface area contributed by atoms with E-state index in [4.69, 9.17) is 4.74 Å². The molecule has 5 rings (SSSR count). The van der Waals surface area contributed by atoms with Crippen LogP contribution >= 0.6 is 0 Å². The molecule has 8 nitrogen and oxygen atoms in total. The smallest absolute Gasteiger partial charge is 0.323 e. The topological polar surface area (TPSA) is 98.1 Å². The maximum atomic E-state index is 14.3. The summed E-state index contributed by atoms with van der Waals surface area (Å²) in [5.74, 6) is 1.26. The van der Waals surface area contributed by atoms with Gasteiger partial charge in [0, 0.05) is 41.8 Å². The van der Waals surface area contributed by atoms with Crippen molar-refractivity contribution in [3.63, 3.8) is 0 Å². The molecule has 244 valence electrons. The number of fused-ring (bicyclic) bond motifs is 1. The number of rotatable bonds is 12. The summed E-state index contributed by atoms with van der Waals surface area (Å²) in [7, 11) is 0. The number of hydrogen-bond acceptors (Lipinski definition) is 5. The lowest BCUT2D eigenvalue weighted by molar-refractivity contribution is 0.262. The van der Waals surface area contributed by atoms with Crippen LogP contribution in [0.4, 0.5) is 16.2 Å². The van der Waals surface area contributed by atoms with Gasteiger partial charge in [0.05, 0.1) is 6.61 Å². The number of para-hydroxylation sites is 1. The van der Waals surface area contributed by atoms with Gasteiger partial charge in [0.25, 0.3) is 5.56 Å². The minimum atomic E-state index is -0.471. The zero-order chi connectivity index (χ0) is 33.5. The van der Waals surface area contributed by atoms with E-state index >= 15 is 0 Å². The number of hydrogen-bond donors (Lipinski definition) is 2. The minimum absolute atomic E-state index is 0.181. The fourth-order valence-electron chi connectivity index (χ4n) is 5.94. The summed E-state index contributed by atoms with van der Waals surface area (Å²) in [4.78, 5) is 36.9. The van der Waals surface area contributed by atoms with Gasteiger partial charge in [-0.25, -0.2) is 9.78 Å². The maximum absolute atomic E-state index is 14.3. The van der Waals surface area contributed by atoms with Crippen molar-refractivity contribution in [2.75, 3.05) is 17.2 Å². The van der Waals surface area contributed by atoms with Gasteiger partial charge in [-0.1, -0.05) is 71.9 Å². The molecule has 8 heteroatoms. The lowest BCUT2D eigenvalue weighted by Gasteiger charge is -2.22. The van der Waals surface area contributed by atoms with Crippen molar-refractivity contribution in [1.29, 1.82) is 0 Å². The maximum Gasteiger partial charge on any atom is 0.323 e. The Morgan fingerprint density at radius 1 is 0.830 bits per heavy atom. The van der Waals surface area contributed by atoms with Crippen LogP contribution < -0.4 is 20.9 Å². The van der Waals surface area contributed by atoms with Crippen LogP contribution in [0.5, 0.6) is 5.75 Å². The second kappa shape index (κ2) is 15.1. The molecule has 0 spiro atoms. The summed E-state index contributed by atoms with van der Waals surface area (Å²) in [6, 6.07) is 21.1. The summed E-state index contributed by atoms with van der Waals surface area (Å²) >= 11 is 0. The Morgan fingerprint density at radius 2 is 1.51 bits per heavy atom.